The first-order valence-corrected chi connectivity index (χ1v) is 5.29. The topological polar surface area (TPSA) is 66.5 Å². The van der Waals surface area contributed by atoms with Crippen molar-refractivity contribution in [3.63, 3.8) is 0 Å². The van der Waals surface area contributed by atoms with Crippen LogP contribution in [-0.2, 0) is 9.59 Å². The number of imide groups is 2. The van der Waals surface area contributed by atoms with E-state index in [1.807, 2.05) is 0 Å². The molecule has 1 N–H and O–H groups in total. The summed E-state index contributed by atoms with van der Waals surface area (Å²) in [5, 5.41) is 2.24. The Hall–Kier alpha value is -1.65. The predicted molar refractivity (Wildman–Crippen MR) is 56.3 cm³/mol. The summed E-state index contributed by atoms with van der Waals surface area (Å²) in [5.74, 6) is -0.804. The second-order valence-electron chi connectivity index (χ2n) is 4.54. The lowest BCUT2D eigenvalue weighted by atomic mass is 9.66. The molecule has 1 aliphatic carbocycles. The fourth-order valence-corrected chi connectivity index (χ4v) is 2.12. The average Bonchev–Trinajstić information content (AvgIpc) is 2.09. The number of carbonyl (C=O) groups is 3. The van der Waals surface area contributed by atoms with Crippen molar-refractivity contribution in [2.75, 3.05) is 6.54 Å². The summed E-state index contributed by atoms with van der Waals surface area (Å²) in [4.78, 5) is 36.3. The number of urea groups is 1. The lowest BCUT2D eigenvalue weighted by molar-refractivity contribution is -0.157. The Balaban J connectivity index is 2.26. The number of rotatable bonds is 2. The van der Waals surface area contributed by atoms with Gasteiger partial charge in [0.1, 0.15) is 5.41 Å². The Labute approximate surface area is 93.5 Å². The number of nitrogens with zero attached hydrogens (tertiary/aromatic N) is 1. The van der Waals surface area contributed by atoms with Crippen LogP contribution in [-0.4, -0.2) is 29.3 Å². The smallest absolute Gasteiger partial charge is 0.277 e. The molecule has 0 aromatic heterocycles. The summed E-state index contributed by atoms with van der Waals surface area (Å²) in [6, 6.07) is -0.629. The third kappa shape index (κ3) is 1.35. The van der Waals surface area contributed by atoms with Crippen molar-refractivity contribution < 1.29 is 14.4 Å². The number of barbiturate groups is 1. The largest absolute Gasteiger partial charge is 0.331 e. The van der Waals surface area contributed by atoms with E-state index in [9.17, 15) is 14.4 Å². The molecule has 16 heavy (non-hydrogen) atoms. The van der Waals surface area contributed by atoms with Gasteiger partial charge >= 0.3 is 6.03 Å². The maximum absolute atomic E-state index is 12.1. The summed E-state index contributed by atoms with van der Waals surface area (Å²) in [6.07, 6.45) is 1.93. The van der Waals surface area contributed by atoms with Gasteiger partial charge in [-0.25, -0.2) is 4.79 Å². The first kappa shape index (κ1) is 10.9. The molecular weight excluding hydrogens is 208 g/mol. The van der Waals surface area contributed by atoms with Crippen molar-refractivity contribution in [3.8, 4) is 0 Å². The molecule has 1 saturated heterocycles. The highest BCUT2D eigenvalue weighted by Crippen LogP contribution is 2.44. The van der Waals surface area contributed by atoms with E-state index in [0.29, 0.717) is 18.4 Å². The van der Waals surface area contributed by atoms with Crippen molar-refractivity contribution in [2.45, 2.75) is 26.2 Å². The molecule has 4 amide bonds. The lowest BCUT2D eigenvalue weighted by Gasteiger charge is -2.44. The van der Waals surface area contributed by atoms with Crippen LogP contribution in [0, 0.1) is 5.41 Å². The van der Waals surface area contributed by atoms with Crippen LogP contribution in [0.1, 0.15) is 26.2 Å². The molecule has 0 unspecified atom stereocenters. The first-order chi connectivity index (χ1) is 7.47. The van der Waals surface area contributed by atoms with Gasteiger partial charge in [0.05, 0.1) is 6.54 Å². The summed E-state index contributed by atoms with van der Waals surface area (Å²) >= 11 is 0. The maximum Gasteiger partial charge on any atom is 0.331 e. The number of amides is 4. The van der Waals surface area contributed by atoms with E-state index in [1.54, 1.807) is 6.92 Å². The fourth-order valence-electron chi connectivity index (χ4n) is 2.12. The summed E-state index contributed by atoms with van der Waals surface area (Å²) in [7, 11) is 0. The fraction of sp³-hybridized carbons (Fsp3) is 0.545. The van der Waals surface area contributed by atoms with Gasteiger partial charge in [-0.3, -0.25) is 19.8 Å². The van der Waals surface area contributed by atoms with Crippen molar-refractivity contribution in [3.05, 3.63) is 12.2 Å². The van der Waals surface area contributed by atoms with E-state index in [1.165, 1.54) is 0 Å². The van der Waals surface area contributed by atoms with Crippen molar-refractivity contribution in [2.24, 2.45) is 5.41 Å². The molecular formula is C11H14N2O3. The highest BCUT2D eigenvalue weighted by Gasteiger charge is 2.57. The minimum absolute atomic E-state index is 0.180. The van der Waals surface area contributed by atoms with E-state index in [4.69, 9.17) is 0 Å². The van der Waals surface area contributed by atoms with Gasteiger partial charge in [0, 0.05) is 0 Å². The van der Waals surface area contributed by atoms with Crippen LogP contribution in [0.25, 0.3) is 0 Å². The van der Waals surface area contributed by atoms with E-state index < -0.39 is 17.4 Å². The molecule has 0 bridgehead atoms. The number of carbonyl (C=O) groups excluding carboxylic acids is 3. The maximum atomic E-state index is 12.1. The first-order valence-electron chi connectivity index (χ1n) is 5.29. The molecule has 0 radical (unpaired) electrons. The van der Waals surface area contributed by atoms with E-state index in [0.717, 1.165) is 11.3 Å². The van der Waals surface area contributed by atoms with E-state index in [-0.39, 0.29) is 12.5 Å². The van der Waals surface area contributed by atoms with Crippen molar-refractivity contribution >= 4 is 17.8 Å². The number of hydrogen-bond donors (Lipinski definition) is 1. The zero-order valence-corrected chi connectivity index (χ0v) is 9.21. The van der Waals surface area contributed by atoms with Crippen LogP contribution < -0.4 is 5.32 Å². The van der Waals surface area contributed by atoms with E-state index in [2.05, 4.69) is 11.9 Å². The highest BCUT2D eigenvalue weighted by atomic mass is 16.2. The molecule has 0 aromatic carbocycles. The molecule has 2 rings (SSSR count). The average molecular weight is 222 g/mol. The number of nitrogens with one attached hydrogen (secondary N) is 1. The van der Waals surface area contributed by atoms with Gasteiger partial charge in [-0.15, -0.1) is 0 Å². The van der Waals surface area contributed by atoms with Crippen LogP contribution in [0.4, 0.5) is 4.79 Å². The van der Waals surface area contributed by atoms with Crippen LogP contribution >= 0.6 is 0 Å². The zero-order valence-electron chi connectivity index (χ0n) is 9.21. The minimum Gasteiger partial charge on any atom is -0.277 e. The van der Waals surface area contributed by atoms with Gasteiger partial charge in [0.25, 0.3) is 0 Å². The normalized spacial score (nSPS) is 23.1. The molecule has 1 heterocycles. The lowest BCUT2D eigenvalue weighted by Crippen LogP contribution is -2.66. The molecule has 1 saturated carbocycles. The Bertz CT molecular complexity index is 396. The van der Waals surface area contributed by atoms with Crippen LogP contribution in [0.3, 0.4) is 0 Å². The third-order valence-electron chi connectivity index (χ3n) is 3.19. The highest BCUT2D eigenvalue weighted by molar-refractivity contribution is 6.19. The van der Waals surface area contributed by atoms with Crippen LogP contribution in [0.2, 0.25) is 0 Å². The molecule has 5 heteroatoms. The van der Waals surface area contributed by atoms with Crippen molar-refractivity contribution in [1.29, 1.82) is 0 Å². The summed E-state index contributed by atoms with van der Waals surface area (Å²) in [5.41, 5.74) is -0.254. The molecule has 5 nitrogen and oxygen atoms in total. The molecule has 2 fully saturated rings. The van der Waals surface area contributed by atoms with Gasteiger partial charge in [-0.1, -0.05) is 18.6 Å². The van der Waals surface area contributed by atoms with E-state index >= 15 is 0 Å². The van der Waals surface area contributed by atoms with Crippen LogP contribution in [0.5, 0.6) is 0 Å². The quantitative estimate of drug-likeness (QED) is 0.555. The second-order valence-corrected chi connectivity index (χ2v) is 4.54. The standard InChI is InChI=1S/C11H14N2O3/c1-7(2)6-13-9(15)11(4-3-5-11)8(14)12-10(13)16/h1,3-6H2,2H3,(H,12,14,16). The SMILES string of the molecule is C=C(C)CN1C(=O)NC(=O)C2(CCC2)C1=O. The van der Waals surface area contributed by atoms with Gasteiger partial charge in [-0.05, 0) is 19.8 Å². The summed E-state index contributed by atoms with van der Waals surface area (Å²) < 4.78 is 0. The molecule has 86 valence electrons. The summed E-state index contributed by atoms with van der Waals surface area (Å²) in [6.45, 7) is 5.59. The molecule has 0 aromatic rings. The van der Waals surface area contributed by atoms with Crippen LogP contribution in [0.15, 0.2) is 12.2 Å². The Kier molecular flexibility index (Phi) is 2.33. The molecule has 0 atom stereocenters. The monoisotopic (exact) mass is 222 g/mol. The van der Waals surface area contributed by atoms with Gasteiger partial charge in [0.15, 0.2) is 0 Å². The Morgan fingerprint density at radius 2 is 2.06 bits per heavy atom. The molecule has 1 spiro atoms. The minimum atomic E-state index is -0.969. The molecule has 1 aliphatic heterocycles. The van der Waals surface area contributed by atoms with Gasteiger partial charge < -0.3 is 0 Å². The molecule has 2 aliphatic rings. The predicted octanol–water partition coefficient (Wildman–Crippen LogP) is 0.811. The van der Waals surface area contributed by atoms with Crippen molar-refractivity contribution in [1.82, 2.24) is 10.2 Å². The zero-order chi connectivity index (χ0) is 11.9. The Morgan fingerprint density at radius 1 is 1.44 bits per heavy atom. The third-order valence-corrected chi connectivity index (χ3v) is 3.19. The number of hydrogen-bond acceptors (Lipinski definition) is 3. The second kappa shape index (κ2) is 3.43. The Morgan fingerprint density at radius 3 is 2.50 bits per heavy atom. The van der Waals surface area contributed by atoms with Gasteiger partial charge in [-0.2, -0.15) is 0 Å². The van der Waals surface area contributed by atoms with Gasteiger partial charge in [0.2, 0.25) is 11.8 Å².